The number of amides is 1. The average molecular weight is 501 g/mol. The van der Waals surface area contributed by atoms with Gasteiger partial charge in [-0.2, -0.15) is 0 Å². The van der Waals surface area contributed by atoms with Crippen molar-refractivity contribution >= 4 is 68.4 Å². The van der Waals surface area contributed by atoms with Crippen LogP contribution in [0.2, 0.25) is 5.02 Å². The summed E-state index contributed by atoms with van der Waals surface area (Å²) >= 11 is 9.20. The summed E-state index contributed by atoms with van der Waals surface area (Å²) in [7, 11) is 5.67. The van der Waals surface area contributed by atoms with Crippen LogP contribution in [0.5, 0.6) is 5.75 Å². The number of carbonyl (C=O) groups excluding carboxylic acids is 1. The van der Waals surface area contributed by atoms with Gasteiger partial charge in [0.25, 0.3) is 0 Å². The summed E-state index contributed by atoms with van der Waals surface area (Å²) in [4.78, 5) is 22.8. The Labute approximate surface area is 203 Å². The van der Waals surface area contributed by atoms with Crippen molar-refractivity contribution in [2.45, 2.75) is 17.7 Å². The maximum Gasteiger partial charge on any atom is 0.228 e. The maximum atomic E-state index is 13.0. The van der Waals surface area contributed by atoms with E-state index in [1.807, 2.05) is 61.5 Å². The van der Waals surface area contributed by atoms with Gasteiger partial charge in [0.05, 0.1) is 17.3 Å². The standard InChI is InChI=1S/C22H26ClN3O2S2.ClH/c1-25(2)12-13-26(22-24-19-11-8-17(28-3)15-20(19)30-22)21(27)5-4-14-29-18-9-6-16(23)7-10-18;/h6-11,15H,4-5,12-14H2,1-3H3;1H. The zero-order valence-electron chi connectivity index (χ0n) is 17.8. The number of nitrogens with zero attached hydrogens (tertiary/aromatic N) is 3. The molecule has 31 heavy (non-hydrogen) atoms. The molecular weight excluding hydrogens is 473 g/mol. The molecule has 3 rings (SSSR count). The quantitative estimate of drug-likeness (QED) is 0.258. The van der Waals surface area contributed by atoms with E-state index in [9.17, 15) is 4.79 Å². The smallest absolute Gasteiger partial charge is 0.228 e. The maximum absolute atomic E-state index is 13.0. The molecule has 0 unspecified atom stereocenters. The number of ether oxygens (including phenoxy) is 1. The summed E-state index contributed by atoms with van der Waals surface area (Å²) in [6.45, 7) is 1.40. The molecule has 1 aromatic heterocycles. The highest BCUT2D eigenvalue weighted by Crippen LogP contribution is 2.32. The zero-order chi connectivity index (χ0) is 21.5. The second kappa shape index (κ2) is 12.5. The molecule has 0 fully saturated rings. The van der Waals surface area contributed by atoms with Gasteiger partial charge in [-0.05, 0) is 68.7 Å². The van der Waals surface area contributed by atoms with Crippen LogP contribution in [0, 0.1) is 0 Å². The number of rotatable bonds is 10. The number of halogens is 2. The predicted molar refractivity (Wildman–Crippen MR) is 136 cm³/mol. The van der Waals surface area contributed by atoms with Crippen LogP contribution in [0.25, 0.3) is 10.2 Å². The van der Waals surface area contributed by atoms with E-state index in [2.05, 4.69) is 4.90 Å². The molecule has 0 aliphatic heterocycles. The minimum atomic E-state index is 0. The summed E-state index contributed by atoms with van der Waals surface area (Å²) in [5.41, 5.74) is 0.886. The molecule has 168 valence electrons. The molecule has 0 atom stereocenters. The molecule has 0 bridgehead atoms. The fourth-order valence-corrected chi connectivity index (χ4v) is 4.86. The van der Waals surface area contributed by atoms with Gasteiger partial charge < -0.3 is 9.64 Å². The van der Waals surface area contributed by atoms with Crippen molar-refractivity contribution < 1.29 is 9.53 Å². The number of thioether (sulfide) groups is 1. The molecule has 1 amide bonds. The van der Waals surface area contributed by atoms with Crippen molar-refractivity contribution in [2.24, 2.45) is 0 Å². The van der Waals surface area contributed by atoms with Crippen molar-refractivity contribution in [3.05, 3.63) is 47.5 Å². The van der Waals surface area contributed by atoms with E-state index in [0.717, 1.165) is 49.7 Å². The number of fused-ring (bicyclic) bond motifs is 1. The number of benzene rings is 2. The number of hydrogen-bond donors (Lipinski definition) is 0. The first kappa shape index (κ1) is 25.7. The SMILES string of the molecule is COc1ccc2nc(N(CCN(C)C)C(=O)CCCSc3ccc(Cl)cc3)sc2c1.Cl. The van der Waals surface area contributed by atoms with Crippen molar-refractivity contribution in [3.8, 4) is 5.75 Å². The van der Waals surface area contributed by atoms with E-state index >= 15 is 0 Å². The molecule has 2 aromatic carbocycles. The van der Waals surface area contributed by atoms with Crippen LogP contribution in [0.3, 0.4) is 0 Å². The molecule has 0 N–H and O–H groups in total. The molecule has 0 radical (unpaired) electrons. The molecule has 1 heterocycles. The van der Waals surface area contributed by atoms with Gasteiger partial charge in [0.1, 0.15) is 5.75 Å². The minimum Gasteiger partial charge on any atom is -0.497 e. The minimum absolute atomic E-state index is 0. The Morgan fingerprint density at radius 1 is 1.16 bits per heavy atom. The third-order valence-electron chi connectivity index (χ3n) is 4.50. The highest BCUT2D eigenvalue weighted by atomic mass is 35.5. The lowest BCUT2D eigenvalue weighted by Crippen LogP contribution is -2.36. The predicted octanol–water partition coefficient (Wildman–Crippen LogP) is 5.85. The number of thiazole rings is 1. The van der Waals surface area contributed by atoms with Gasteiger partial charge in [0, 0.05) is 29.4 Å². The van der Waals surface area contributed by atoms with Gasteiger partial charge >= 0.3 is 0 Å². The lowest BCUT2D eigenvalue weighted by Gasteiger charge is -2.22. The molecule has 0 aliphatic rings. The number of hydrogen-bond acceptors (Lipinski definition) is 6. The fraction of sp³-hybridized carbons (Fsp3) is 0.364. The molecule has 0 saturated heterocycles. The fourth-order valence-electron chi connectivity index (χ4n) is 2.84. The van der Waals surface area contributed by atoms with Crippen LogP contribution < -0.4 is 9.64 Å². The van der Waals surface area contributed by atoms with Gasteiger partial charge in [-0.3, -0.25) is 9.69 Å². The Morgan fingerprint density at radius 2 is 1.90 bits per heavy atom. The lowest BCUT2D eigenvalue weighted by atomic mass is 10.3. The number of methoxy groups -OCH3 is 1. The van der Waals surface area contributed by atoms with Crippen LogP contribution in [0.1, 0.15) is 12.8 Å². The van der Waals surface area contributed by atoms with Crippen LogP contribution in [0.4, 0.5) is 5.13 Å². The number of likely N-dealkylation sites (N-methyl/N-ethyl adjacent to an activating group) is 1. The number of carbonyl (C=O) groups is 1. The summed E-state index contributed by atoms with van der Waals surface area (Å²) in [6, 6.07) is 13.6. The second-order valence-electron chi connectivity index (χ2n) is 7.08. The van der Waals surface area contributed by atoms with Gasteiger partial charge in [0.15, 0.2) is 5.13 Å². The van der Waals surface area contributed by atoms with E-state index in [1.54, 1.807) is 18.9 Å². The average Bonchev–Trinajstić information content (AvgIpc) is 3.15. The normalized spacial score (nSPS) is 10.9. The lowest BCUT2D eigenvalue weighted by molar-refractivity contribution is -0.118. The molecular formula is C22H27Cl2N3O2S2. The van der Waals surface area contributed by atoms with Gasteiger partial charge in [-0.15, -0.1) is 24.2 Å². The second-order valence-corrected chi connectivity index (χ2v) is 9.70. The van der Waals surface area contributed by atoms with E-state index < -0.39 is 0 Å². The van der Waals surface area contributed by atoms with Crippen molar-refractivity contribution in [2.75, 3.05) is 44.9 Å². The van der Waals surface area contributed by atoms with Crippen molar-refractivity contribution in [3.63, 3.8) is 0 Å². The molecule has 0 spiro atoms. The Kier molecular flexibility index (Phi) is 10.4. The Bertz CT molecular complexity index is 981. The first-order valence-corrected chi connectivity index (χ1v) is 11.9. The molecule has 0 aliphatic carbocycles. The van der Waals surface area contributed by atoms with E-state index in [4.69, 9.17) is 21.3 Å². The Balaban J connectivity index is 0.00000341. The van der Waals surface area contributed by atoms with Crippen LogP contribution in [-0.4, -0.2) is 55.8 Å². The van der Waals surface area contributed by atoms with Crippen LogP contribution in [-0.2, 0) is 4.79 Å². The van der Waals surface area contributed by atoms with Crippen molar-refractivity contribution in [1.82, 2.24) is 9.88 Å². The third-order valence-corrected chi connectivity index (χ3v) is 6.90. The molecule has 0 saturated carbocycles. The van der Waals surface area contributed by atoms with E-state index in [-0.39, 0.29) is 18.3 Å². The largest absolute Gasteiger partial charge is 0.497 e. The van der Waals surface area contributed by atoms with Crippen LogP contribution in [0.15, 0.2) is 47.4 Å². The summed E-state index contributed by atoms with van der Waals surface area (Å²) in [6.07, 6.45) is 1.30. The Morgan fingerprint density at radius 3 is 2.58 bits per heavy atom. The van der Waals surface area contributed by atoms with E-state index in [1.165, 1.54) is 11.3 Å². The van der Waals surface area contributed by atoms with Crippen molar-refractivity contribution in [1.29, 1.82) is 0 Å². The third kappa shape index (κ3) is 7.54. The topological polar surface area (TPSA) is 45.7 Å². The Hall–Kier alpha value is -1.51. The van der Waals surface area contributed by atoms with Gasteiger partial charge in [-0.1, -0.05) is 22.9 Å². The van der Waals surface area contributed by atoms with Gasteiger partial charge in [-0.25, -0.2) is 4.98 Å². The number of anilines is 1. The summed E-state index contributed by atoms with van der Waals surface area (Å²) in [5.74, 6) is 1.79. The number of aromatic nitrogens is 1. The highest BCUT2D eigenvalue weighted by Gasteiger charge is 2.20. The first-order valence-electron chi connectivity index (χ1n) is 9.74. The summed E-state index contributed by atoms with van der Waals surface area (Å²) < 4.78 is 6.33. The highest BCUT2D eigenvalue weighted by molar-refractivity contribution is 7.99. The van der Waals surface area contributed by atoms with E-state index in [0.29, 0.717) is 13.0 Å². The first-order chi connectivity index (χ1) is 14.5. The zero-order valence-corrected chi connectivity index (χ0v) is 21.0. The monoisotopic (exact) mass is 499 g/mol. The molecule has 9 heteroatoms. The van der Waals surface area contributed by atoms with Crippen LogP contribution >= 0.6 is 47.1 Å². The van der Waals surface area contributed by atoms with Gasteiger partial charge in [0.2, 0.25) is 5.91 Å². The summed E-state index contributed by atoms with van der Waals surface area (Å²) in [5, 5.41) is 1.48. The molecule has 3 aromatic rings. The molecule has 5 nitrogen and oxygen atoms in total.